The van der Waals surface area contributed by atoms with E-state index < -0.39 is 0 Å². The molecule has 2 heterocycles. The predicted molar refractivity (Wildman–Crippen MR) is 87.9 cm³/mol. The van der Waals surface area contributed by atoms with Gasteiger partial charge in [0.05, 0.1) is 5.57 Å². The lowest BCUT2D eigenvalue weighted by molar-refractivity contribution is -0.137. The first-order valence-electron chi connectivity index (χ1n) is 7.99. The molecular formula is C18H22N2O3. The van der Waals surface area contributed by atoms with Gasteiger partial charge in [0.15, 0.2) is 0 Å². The molecule has 2 aliphatic rings. The standard InChI is InChI=1S/C18H22N2O3/c1-19(2)17(21)13-7-9-20(10-8-13)18(22)15-11-14-5-3-4-6-16(14)23-12-15/h3-6,11,13H,7-10,12H2,1-2H3. The summed E-state index contributed by atoms with van der Waals surface area (Å²) in [5.41, 5.74) is 1.63. The summed E-state index contributed by atoms with van der Waals surface area (Å²) in [4.78, 5) is 28.1. The van der Waals surface area contributed by atoms with Gasteiger partial charge in [-0.3, -0.25) is 9.59 Å². The molecule has 1 aromatic carbocycles. The van der Waals surface area contributed by atoms with Crippen LogP contribution in [0.3, 0.4) is 0 Å². The molecular weight excluding hydrogens is 292 g/mol. The molecule has 0 spiro atoms. The van der Waals surface area contributed by atoms with Crippen LogP contribution < -0.4 is 4.74 Å². The van der Waals surface area contributed by atoms with Crippen molar-refractivity contribution in [2.45, 2.75) is 12.8 Å². The minimum Gasteiger partial charge on any atom is -0.488 e. The van der Waals surface area contributed by atoms with Crippen LogP contribution in [-0.4, -0.2) is 55.4 Å². The van der Waals surface area contributed by atoms with Crippen LogP contribution in [0.2, 0.25) is 0 Å². The highest BCUT2D eigenvalue weighted by atomic mass is 16.5. The van der Waals surface area contributed by atoms with Crippen molar-refractivity contribution in [3.05, 3.63) is 35.4 Å². The van der Waals surface area contributed by atoms with Crippen molar-refractivity contribution >= 4 is 17.9 Å². The minimum absolute atomic E-state index is 0.0234. The maximum Gasteiger partial charge on any atom is 0.253 e. The van der Waals surface area contributed by atoms with E-state index >= 15 is 0 Å². The van der Waals surface area contributed by atoms with Crippen molar-refractivity contribution in [3.8, 4) is 5.75 Å². The Hall–Kier alpha value is -2.30. The molecule has 1 aromatic rings. The van der Waals surface area contributed by atoms with Crippen molar-refractivity contribution in [1.82, 2.24) is 9.80 Å². The predicted octanol–water partition coefficient (Wildman–Crippen LogP) is 1.79. The van der Waals surface area contributed by atoms with Crippen LogP contribution in [0.25, 0.3) is 6.08 Å². The number of hydrogen-bond acceptors (Lipinski definition) is 3. The Bertz CT molecular complexity index is 643. The van der Waals surface area contributed by atoms with Crippen LogP contribution in [-0.2, 0) is 9.59 Å². The van der Waals surface area contributed by atoms with Crippen LogP contribution in [0.1, 0.15) is 18.4 Å². The minimum atomic E-state index is 0.0234. The van der Waals surface area contributed by atoms with Gasteiger partial charge in [0.25, 0.3) is 5.91 Å². The fourth-order valence-corrected chi connectivity index (χ4v) is 3.14. The number of para-hydroxylation sites is 1. The molecule has 0 aromatic heterocycles. The Kier molecular flexibility index (Phi) is 4.37. The zero-order chi connectivity index (χ0) is 16.4. The molecule has 2 amide bonds. The van der Waals surface area contributed by atoms with Gasteiger partial charge in [0.1, 0.15) is 12.4 Å². The summed E-state index contributed by atoms with van der Waals surface area (Å²) in [6.45, 7) is 1.57. The summed E-state index contributed by atoms with van der Waals surface area (Å²) in [6.07, 6.45) is 3.37. The van der Waals surface area contributed by atoms with Gasteiger partial charge < -0.3 is 14.5 Å². The number of nitrogens with zero attached hydrogens (tertiary/aromatic N) is 2. The van der Waals surface area contributed by atoms with E-state index in [2.05, 4.69) is 0 Å². The van der Waals surface area contributed by atoms with Crippen molar-refractivity contribution < 1.29 is 14.3 Å². The number of ether oxygens (including phenoxy) is 1. The van der Waals surface area contributed by atoms with Crippen molar-refractivity contribution in [2.24, 2.45) is 5.92 Å². The average molecular weight is 314 g/mol. The molecule has 0 radical (unpaired) electrons. The Morgan fingerprint density at radius 1 is 1.17 bits per heavy atom. The lowest BCUT2D eigenvalue weighted by atomic mass is 9.95. The number of fused-ring (bicyclic) bond motifs is 1. The molecule has 0 atom stereocenters. The number of amides is 2. The number of hydrogen-bond donors (Lipinski definition) is 0. The van der Waals surface area contributed by atoms with E-state index in [1.54, 1.807) is 19.0 Å². The molecule has 23 heavy (non-hydrogen) atoms. The van der Waals surface area contributed by atoms with Gasteiger partial charge in [0, 0.05) is 38.7 Å². The van der Waals surface area contributed by atoms with Crippen LogP contribution in [0.15, 0.2) is 29.8 Å². The Labute approximate surface area is 136 Å². The fraction of sp³-hybridized carbons (Fsp3) is 0.444. The van der Waals surface area contributed by atoms with Gasteiger partial charge in [-0.1, -0.05) is 18.2 Å². The van der Waals surface area contributed by atoms with Gasteiger partial charge in [-0.15, -0.1) is 0 Å². The molecule has 1 fully saturated rings. The Balaban J connectivity index is 1.65. The molecule has 5 nitrogen and oxygen atoms in total. The maximum atomic E-state index is 12.7. The van der Waals surface area contributed by atoms with E-state index in [1.165, 1.54) is 0 Å². The summed E-state index contributed by atoms with van der Waals surface area (Å²) in [7, 11) is 3.56. The van der Waals surface area contributed by atoms with Gasteiger partial charge >= 0.3 is 0 Å². The second kappa shape index (κ2) is 6.44. The monoisotopic (exact) mass is 314 g/mol. The largest absolute Gasteiger partial charge is 0.488 e. The third-order valence-corrected chi connectivity index (χ3v) is 4.48. The molecule has 1 saturated heterocycles. The molecule has 2 aliphatic heterocycles. The number of benzene rings is 1. The molecule has 0 N–H and O–H groups in total. The third-order valence-electron chi connectivity index (χ3n) is 4.48. The maximum absolute atomic E-state index is 12.7. The van der Waals surface area contributed by atoms with Crippen LogP contribution in [0.5, 0.6) is 5.75 Å². The smallest absolute Gasteiger partial charge is 0.253 e. The van der Waals surface area contributed by atoms with E-state index in [1.807, 2.05) is 35.2 Å². The van der Waals surface area contributed by atoms with Gasteiger partial charge in [0.2, 0.25) is 5.91 Å². The lowest BCUT2D eigenvalue weighted by Crippen LogP contribution is -2.43. The van der Waals surface area contributed by atoms with E-state index in [0.29, 0.717) is 25.3 Å². The van der Waals surface area contributed by atoms with Gasteiger partial charge in [-0.25, -0.2) is 0 Å². The SMILES string of the molecule is CN(C)C(=O)C1CCN(C(=O)C2=Cc3ccccc3OC2)CC1. The molecule has 0 unspecified atom stereocenters. The average Bonchev–Trinajstić information content (AvgIpc) is 2.60. The number of likely N-dealkylation sites (tertiary alicyclic amines) is 1. The van der Waals surface area contributed by atoms with E-state index in [0.717, 1.165) is 24.2 Å². The molecule has 0 bridgehead atoms. The highest BCUT2D eigenvalue weighted by Crippen LogP contribution is 2.27. The summed E-state index contributed by atoms with van der Waals surface area (Å²) in [5, 5.41) is 0. The number of carbonyl (C=O) groups excluding carboxylic acids is 2. The number of piperidine rings is 1. The zero-order valence-corrected chi connectivity index (χ0v) is 13.6. The summed E-state index contributed by atoms with van der Waals surface area (Å²) in [5.74, 6) is 1.03. The zero-order valence-electron chi connectivity index (χ0n) is 13.6. The molecule has 5 heteroatoms. The number of carbonyl (C=O) groups is 2. The highest BCUT2D eigenvalue weighted by molar-refractivity contribution is 5.99. The van der Waals surface area contributed by atoms with Crippen LogP contribution >= 0.6 is 0 Å². The third kappa shape index (κ3) is 3.23. The highest BCUT2D eigenvalue weighted by Gasteiger charge is 2.30. The quantitative estimate of drug-likeness (QED) is 0.836. The first-order valence-corrected chi connectivity index (χ1v) is 7.99. The van der Waals surface area contributed by atoms with Gasteiger partial charge in [-0.05, 0) is 25.0 Å². The van der Waals surface area contributed by atoms with Crippen LogP contribution in [0.4, 0.5) is 0 Å². The first-order chi connectivity index (χ1) is 11.1. The lowest BCUT2D eigenvalue weighted by Gasteiger charge is -2.33. The Morgan fingerprint density at radius 3 is 2.57 bits per heavy atom. The van der Waals surface area contributed by atoms with E-state index in [-0.39, 0.29) is 17.7 Å². The second-order valence-electron chi connectivity index (χ2n) is 6.30. The Morgan fingerprint density at radius 2 is 1.87 bits per heavy atom. The molecule has 0 aliphatic carbocycles. The molecule has 3 rings (SSSR count). The van der Waals surface area contributed by atoms with Crippen molar-refractivity contribution in [3.63, 3.8) is 0 Å². The number of rotatable bonds is 2. The normalized spacial score (nSPS) is 17.8. The second-order valence-corrected chi connectivity index (χ2v) is 6.30. The summed E-state index contributed by atoms with van der Waals surface area (Å²) in [6, 6.07) is 7.71. The first kappa shape index (κ1) is 15.6. The van der Waals surface area contributed by atoms with Crippen molar-refractivity contribution in [1.29, 1.82) is 0 Å². The van der Waals surface area contributed by atoms with E-state index in [4.69, 9.17) is 4.74 Å². The van der Waals surface area contributed by atoms with Crippen molar-refractivity contribution in [2.75, 3.05) is 33.8 Å². The van der Waals surface area contributed by atoms with Crippen LogP contribution in [0, 0.1) is 5.92 Å². The van der Waals surface area contributed by atoms with Gasteiger partial charge in [-0.2, -0.15) is 0 Å². The summed E-state index contributed by atoms with van der Waals surface area (Å²) < 4.78 is 5.66. The molecule has 122 valence electrons. The van der Waals surface area contributed by atoms with E-state index in [9.17, 15) is 9.59 Å². The topological polar surface area (TPSA) is 49.9 Å². The fourth-order valence-electron chi connectivity index (χ4n) is 3.14. The molecule has 0 saturated carbocycles. The summed E-state index contributed by atoms with van der Waals surface area (Å²) >= 11 is 0.